The van der Waals surface area contributed by atoms with Gasteiger partial charge in [0.2, 0.25) is 0 Å². The summed E-state index contributed by atoms with van der Waals surface area (Å²) in [7, 11) is 0. The van der Waals surface area contributed by atoms with E-state index in [1.807, 2.05) is 0 Å². The average Bonchev–Trinajstić information content (AvgIpc) is 1.65. The highest BCUT2D eigenvalue weighted by atomic mass is 17.1. The van der Waals surface area contributed by atoms with Crippen molar-refractivity contribution in [3.63, 3.8) is 0 Å². The summed E-state index contributed by atoms with van der Waals surface area (Å²) in [6, 6.07) is 0. The summed E-state index contributed by atoms with van der Waals surface area (Å²) < 4.78 is 0. The van der Waals surface area contributed by atoms with Gasteiger partial charge in [-0.3, -0.25) is 0 Å². The Hall–Kier alpha value is -0.700. The van der Waals surface area contributed by atoms with E-state index >= 15 is 0 Å². The van der Waals surface area contributed by atoms with E-state index in [9.17, 15) is 0 Å². The van der Waals surface area contributed by atoms with E-state index < -0.39 is 5.95 Å². The molecule has 0 bridgehead atoms. The van der Waals surface area contributed by atoms with Crippen LogP contribution in [0.5, 0.6) is 0 Å². The monoisotopic (exact) mass is 90.0 g/mol. The third-order valence-electron chi connectivity index (χ3n) is 0.340. The van der Waals surface area contributed by atoms with Crippen molar-refractivity contribution in [3.8, 4) is 0 Å². The number of aliphatic hydroxyl groups is 1. The molecule has 3 nitrogen and oxygen atoms in total. The summed E-state index contributed by atoms with van der Waals surface area (Å²) in [6.07, 6.45) is 1.22. The first-order valence-corrected chi connectivity index (χ1v) is 1.48. The maximum atomic E-state index is 8.06. The van der Waals surface area contributed by atoms with Crippen LogP contribution in [0.4, 0.5) is 0 Å². The Morgan fingerprint density at radius 2 is 2.33 bits per heavy atom. The molecular formula is C3H6O3. The lowest BCUT2D eigenvalue weighted by molar-refractivity contribution is -0.235. The molecule has 0 atom stereocenters. The van der Waals surface area contributed by atoms with Crippen LogP contribution in [-0.2, 0) is 4.89 Å². The van der Waals surface area contributed by atoms with Gasteiger partial charge in [0, 0.05) is 0 Å². The smallest absolute Gasteiger partial charge is 0.309 e. The summed E-state index contributed by atoms with van der Waals surface area (Å²) in [5.41, 5.74) is 0. The molecule has 0 aliphatic heterocycles. The van der Waals surface area contributed by atoms with E-state index in [-0.39, 0.29) is 0 Å². The average molecular weight is 90.1 g/mol. The molecule has 0 aliphatic carbocycles. The van der Waals surface area contributed by atoms with E-state index in [1.54, 1.807) is 0 Å². The quantitative estimate of drug-likeness (QED) is 0.285. The maximum absolute atomic E-state index is 8.06. The van der Waals surface area contributed by atoms with Crippen LogP contribution in [0.3, 0.4) is 0 Å². The van der Waals surface area contributed by atoms with Gasteiger partial charge in [-0.1, -0.05) is 0 Å². The van der Waals surface area contributed by atoms with Gasteiger partial charge in [0.25, 0.3) is 0 Å². The summed E-state index contributed by atoms with van der Waals surface area (Å²) in [6.45, 7) is 1.53. The van der Waals surface area contributed by atoms with Gasteiger partial charge in [0.05, 0.1) is 0 Å². The molecule has 0 fully saturated rings. The van der Waals surface area contributed by atoms with Crippen LogP contribution < -0.4 is 0 Å². The molecule has 0 amide bonds. The molecule has 0 aromatic heterocycles. The zero-order chi connectivity index (χ0) is 4.99. The first-order valence-electron chi connectivity index (χ1n) is 1.48. The summed E-state index contributed by atoms with van der Waals surface area (Å²) in [5.74, 6) is -0.477. The second-order valence-corrected chi connectivity index (χ2v) is 0.718. The van der Waals surface area contributed by atoms with Crippen molar-refractivity contribution >= 4 is 0 Å². The largest absolute Gasteiger partial charge is 0.479 e. The molecule has 6 heavy (non-hydrogen) atoms. The van der Waals surface area contributed by atoms with Gasteiger partial charge in [-0.05, 0) is 13.0 Å². The molecule has 0 heterocycles. The lowest BCUT2D eigenvalue weighted by Gasteiger charge is -1.85. The Bertz CT molecular complexity index is 57.1. The topological polar surface area (TPSA) is 49.7 Å². The summed E-state index contributed by atoms with van der Waals surface area (Å²) >= 11 is 0. The van der Waals surface area contributed by atoms with Crippen LogP contribution in [0, 0.1) is 0 Å². The molecule has 0 radical (unpaired) electrons. The number of allylic oxidation sites excluding steroid dienone is 1. The Morgan fingerprint density at radius 1 is 1.83 bits per heavy atom. The third-order valence-corrected chi connectivity index (χ3v) is 0.340. The van der Waals surface area contributed by atoms with Crippen molar-refractivity contribution in [2.45, 2.75) is 6.92 Å². The number of aliphatic hydroxyl groups excluding tert-OH is 1. The van der Waals surface area contributed by atoms with Crippen LogP contribution in [0.1, 0.15) is 6.92 Å². The number of hydrogen-bond donors (Lipinski definition) is 2. The fourth-order valence-electron chi connectivity index (χ4n) is 0.0527. The molecule has 2 N–H and O–H groups in total. The Labute approximate surface area is 35.4 Å². The highest BCUT2D eigenvalue weighted by molar-refractivity contribution is 4.72. The third kappa shape index (κ3) is 1.60. The fraction of sp³-hybridized carbons (Fsp3) is 0.333. The Balaban J connectivity index is 3.22. The van der Waals surface area contributed by atoms with Crippen molar-refractivity contribution in [1.29, 1.82) is 0 Å². The van der Waals surface area contributed by atoms with Gasteiger partial charge in [-0.15, -0.1) is 0 Å². The molecule has 0 rings (SSSR count). The SMILES string of the molecule is C/C=C(\O)OO. The zero-order valence-corrected chi connectivity index (χ0v) is 3.38. The predicted octanol–water partition coefficient (Wildman–Crippen LogP) is 0.895. The van der Waals surface area contributed by atoms with Crippen LogP contribution in [0.2, 0.25) is 0 Å². The van der Waals surface area contributed by atoms with Crippen molar-refractivity contribution < 1.29 is 15.3 Å². The van der Waals surface area contributed by atoms with Crippen LogP contribution in [0.15, 0.2) is 12.0 Å². The van der Waals surface area contributed by atoms with E-state index in [2.05, 4.69) is 4.89 Å². The highest BCUT2D eigenvalue weighted by Gasteiger charge is 1.79. The van der Waals surface area contributed by atoms with Crippen molar-refractivity contribution in [2.75, 3.05) is 0 Å². The zero-order valence-electron chi connectivity index (χ0n) is 3.38. The van der Waals surface area contributed by atoms with Gasteiger partial charge in [0.15, 0.2) is 0 Å². The molecule has 36 valence electrons. The number of hydrogen-bond acceptors (Lipinski definition) is 3. The fourth-order valence-corrected chi connectivity index (χ4v) is 0.0527. The molecular weight excluding hydrogens is 84.0 g/mol. The van der Waals surface area contributed by atoms with Crippen molar-refractivity contribution in [2.24, 2.45) is 0 Å². The lowest BCUT2D eigenvalue weighted by Crippen LogP contribution is -1.80. The first-order chi connectivity index (χ1) is 2.81. The van der Waals surface area contributed by atoms with Crippen LogP contribution >= 0.6 is 0 Å². The van der Waals surface area contributed by atoms with Crippen molar-refractivity contribution in [1.82, 2.24) is 0 Å². The van der Waals surface area contributed by atoms with Crippen LogP contribution in [0.25, 0.3) is 0 Å². The molecule has 0 saturated heterocycles. The molecule has 0 aromatic carbocycles. The second-order valence-electron chi connectivity index (χ2n) is 0.718. The minimum atomic E-state index is -0.477. The normalized spacial score (nSPS) is 11.3. The minimum Gasteiger partial charge on any atom is -0.479 e. The summed E-state index contributed by atoms with van der Waals surface area (Å²) in [5, 5.41) is 15.6. The highest BCUT2D eigenvalue weighted by Crippen LogP contribution is 1.82. The Kier molecular flexibility index (Phi) is 2.24. The van der Waals surface area contributed by atoms with E-state index in [4.69, 9.17) is 10.4 Å². The molecule has 0 spiro atoms. The maximum Gasteiger partial charge on any atom is 0.309 e. The van der Waals surface area contributed by atoms with Gasteiger partial charge < -0.3 is 9.99 Å². The Morgan fingerprint density at radius 3 is 2.33 bits per heavy atom. The minimum absolute atomic E-state index is 0.477. The van der Waals surface area contributed by atoms with E-state index in [0.717, 1.165) is 0 Å². The van der Waals surface area contributed by atoms with Gasteiger partial charge in [-0.2, -0.15) is 5.26 Å². The summed E-state index contributed by atoms with van der Waals surface area (Å²) in [4.78, 5) is 3.32. The first kappa shape index (κ1) is 5.30. The van der Waals surface area contributed by atoms with E-state index in [0.29, 0.717) is 0 Å². The molecule has 0 aliphatic rings. The molecule has 3 heteroatoms. The van der Waals surface area contributed by atoms with Gasteiger partial charge >= 0.3 is 5.95 Å². The second kappa shape index (κ2) is 2.53. The van der Waals surface area contributed by atoms with Gasteiger partial charge in [0.1, 0.15) is 0 Å². The van der Waals surface area contributed by atoms with E-state index in [1.165, 1.54) is 13.0 Å². The molecule has 0 saturated carbocycles. The van der Waals surface area contributed by atoms with Gasteiger partial charge in [-0.25, -0.2) is 0 Å². The standard InChI is InChI=1S/C3H6O3/c1-2-3(4)6-5/h2,4-5H,1H3/b3-2+. The van der Waals surface area contributed by atoms with Crippen molar-refractivity contribution in [3.05, 3.63) is 12.0 Å². The molecule has 0 unspecified atom stereocenters. The lowest BCUT2D eigenvalue weighted by atomic mass is 10.7. The predicted molar refractivity (Wildman–Crippen MR) is 20.1 cm³/mol. The molecule has 0 aromatic rings. The number of rotatable bonds is 1. The van der Waals surface area contributed by atoms with Crippen LogP contribution in [-0.4, -0.2) is 10.4 Å².